The Kier molecular flexibility index (Phi) is 3.83. The van der Waals surface area contributed by atoms with Gasteiger partial charge in [0.05, 0.1) is 20.9 Å². The predicted molar refractivity (Wildman–Crippen MR) is 91.5 cm³/mol. The molecule has 3 nitrogen and oxygen atoms in total. The first-order chi connectivity index (χ1) is 9.47. The van der Waals surface area contributed by atoms with Crippen LogP contribution in [0.1, 0.15) is 20.8 Å². The number of thiophene rings is 1. The van der Waals surface area contributed by atoms with Gasteiger partial charge in [-0.1, -0.05) is 43.5 Å². The molecule has 2 aromatic heterocycles. The van der Waals surface area contributed by atoms with Gasteiger partial charge in [0.25, 0.3) is 0 Å². The van der Waals surface area contributed by atoms with Gasteiger partial charge in [0, 0.05) is 9.35 Å². The molecule has 0 aliphatic carbocycles. The zero-order valence-electron chi connectivity index (χ0n) is 10.3. The molecule has 0 fully saturated rings. The van der Waals surface area contributed by atoms with Crippen molar-refractivity contribution >= 4 is 65.8 Å². The highest BCUT2D eigenvalue weighted by Gasteiger charge is 2.20. The number of aromatic amines is 2. The molecule has 1 aromatic carbocycles. The fraction of sp³-hybridized carbons (Fsp3) is 0.154. The zero-order chi connectivity index (χ0) is 14.4. The van der Waals surface area contributed by atoms with Crippen LogP contribution in [-0.2, 0) is 0 Å². The summed E-state index contributed by atoms with van der Waals surface area (Å²) in [5.74, 6) is 0. The molecule has 0 aliphatic heterocycles. The van der Waals surface area contributed by atoms with Crippen LogP contribution in [-0.4, -0.2) is 9.97 Å². The predicted octanol–water partition coefficient (Wildman–Crippen LogP) is 5.13. The first-order valence-electron chi connectivity index (χ1n) is 5.76. The number of aryl methyl sites for hydroxylation is 1. The van der Waals surface area contributed by atoms with Gasteiger partial charge >= 0.3 is 5.69 Å². The fourth-order valence-electron chi connectivity index (χ4n) is 2.03. The first-order valence-corrected chi connectivity index (χ1v) is 8.73. The molecular weight excluding hydrogens is 427 g/mol. The first kappa shape index (κ1) is 14.4. The lowest BCUT2D eigenvalue weighted by atomic mass is 10.1. The summed E-state index contributed by atoms with van der Waals surface area (Å²) in [6.45, 7) is 1.99. The molecule has 3 rings (SSSR count). The molecule has 0 radical (unpaired) electrons. The van der Waals surface area contributed by atoms with Crippen LogP contribution >= 0.6 is 54.8 Å². The number of imidazole rings is 1. The maximum Gasteiger partial charge on any atom is 0.323 e. The van der Waals surface area contributed by atoms with Gasteiger partial charge < -0.3 is 9.97 Å². The Morgan fingerprint density at radius 3 is 2.55 bits per heavy atom. The molecule has 1 unspecified atom stereocenters. The lowest BCUT2D eigenvalue weighted by molar-refractivity contribution is 1.20. The highest BCUT2D eigenvalue weighted by molar-refractivity contribution is 9.11. The highest BCUT2D eigenvalue weighted by Crippen LogP contribution is 2.43. The number of halogens is 3. The molecule has 2 heterocycles. The van der Waals surface area contributed by atoms with Crippen LogP contribution in [0.2, 0.25) is 5.02 Å². The van der Waals surface area contributed by atoms with Crippen molar-refractivity contribution in [1.29, 1.82) is 0 Å². The number of nitrogens with one attached hydrogen (secondary N) is 2. The maximum atomic E-state index is 11.4. The molecule has 0 bridgehead atoms. The minimum atomic E-state index is -0.208. The van der Waals surface area contributed by atoms with E-state index in [-0.39, 0.29) is 10.5 Å². The summed E-state index contributed by atoms with van der Waals surface area (Å²) < 4.78 is 0.921. The number of fused-ring (bicyclic) bond motifs is 1. The molecule has 7 heteroatoms. The number of H-pyrrole nitrogens is 2. The molecule has 3 aromatic rings. The van der Waals surface area contributed by atoms with Crippen molar-refractivity contribution in [3.05, 3.63) is 53.5 Å². The molecule has 20 heavy (non-hydrogen) atoms. The molecule has 1 atom stereocenters. The Morgan fingerprint density at radius 2 is 1.95 bits per heavy atom. The third kappa shape index (κ3) is 2.39. The lowest BCUT2D eigenvalue weighted by Gasteiger charge is -2.11. The maximum absolute atomic E-state index is 11.4. The van der Waals surface area contributed by atoms with Crippen LogP contribution in [0.5, 0.6) is 0 Å². The Labute approximate surface area is 140 Å². The smallest absolute Gasteiger partial charge is 0.306 e. The standard InChI is InChI=1S/C13H9Br2ClN2OS/c1-5-4-20-12(11(5)16)10(15)6-2-8-9(3-7(6)14)18-13(19)17-8/h2-4,10H,1H3,(H2,17,18,19). The van der Waals surface area contributed by atoms with Crippen LogP contribution in [0.25, 0.3) is 11.0 Å². The number of hydrogen-bond acceptors (Lipinski definition) is 2. The summed E-state index contributed by atoms with van der Waals surface area (Å²) in [6, 6.07) is 3.84. The van der Waals surface area contributed by atoms with Crippen LogP contribution in [0.15, 0.2) is 26.8 Å². The summed E-state index contributed by atoms with van der Waals surface area (Å²) in [4.78, 5) is 17.9. The summed E-state index contributed by atoms with van der Waals surface area (Å²) in [7, 11) is 0. The van der Waals surface area contributed by atoms with Crippen molar-refractivity contribution in [2.24, 2.45) is 0 Å². The number of alkyl halides is 1. The van der Waals surface area contributed by atoms with Gasteiger partial charge in [-0.25, -0.2) is 4.79 Å². The van der Waals surface area contributed by atoms with Gasteiger partial charge in [-0.15, -0.1) is 11.3 Å². The summed E-state index contributed by atoms with van der Waals surface area (Å²) >= 11 is 15.2. The second kappa shape index (κ2) is 5.33. The number of aromatic nitrogens is 2. The molecule has 0 saturated heterocycles. The van der Waals surface area contributed by atoms with Crippen molar-refractivity contribution < 1.29 is 0 Å². The average Bonchev–Trinajstić information content (AvgIpc) is 2.91. The second-order valence-corrected chi connectivity index (χ2v) is 7.52. The van der Waals surface area contributed by atoms with E-state index >= 15 is 0 Å². The molecule has 0 amide bonds. The quantitative estimate of drug-likeness (QED) is 0.538. The molecule has 104 valence electrons. The molecule has 2 N–H and O–H groups in total. The average molecular weight is 437 g/mol. The Morgan fingerprint density at radius 1 is 1.30 bits per heavy atom. The topological polar surface area (TPSA) is 48.6 Å². The van der Waals surface area contributed by atoms with Gasteiger partial charge in [0.1, 0.15) is 0 Å². The van der Waals surface area contributed by atoms with Gasteiger partial charge in [0.15, 0.2) is 0 Å². The van der Waals surface area contributed by atoms with Crippen LogP contribution in [0, 0.1) is 6.92 Å². The third-order valence-corrected chi connectivity index (χ3v) is 6.78. The van der Waals surface area contributed by atoms with Crippen molar-refractivity contribution in [3.8, 4) is 0 Å². The van der Waals surface area contributed by atoms with E-state index < -0.39 is 0 Å². The van der Waals surface area contributed by atoms with Crippen LogP contribution in [0.4, 0.5) is 0 Å². The lowest BCUT2D eigenvalue weighted by Crippen LogP contribution is -1.99. The Balaban J connectivity index is 2.15. The van der Waals surface area contributed by atoms with E-state index in [4.69, 9.17) is 11.6 Å². The van der Waals surface area contributed by atoms with E-state index in [9.17, 15) is 4.79 Å². The summed E-state index contributed by atoms with van der Waals surface area (Å²) in [6.07, 6.45) is 0. The van der Waals surface area contributed by atoms with Crippen molar-refractivity contribution in [2.45, 2.75) is 11.8 Å². The Bertz CT molecular complexity index is 852. The number of hydrogen-bond donors (Lipinski definition) is 2. The fourth-order valence-corrected chi connectivity index (χ4v) is 5.27. The van der Waals surface area contributed by atoms with Crippen molar-refractivity contribution in [1.82, 2.24) is 9.97 Å². The van der Waals surface area contributed by atoms with E-state index in [1.165, 1.54) is 0 Å². The largest absolute Gasteiger partial charge is 0.323 e. The van der Waals surface area contributed by atoms with E-state index in [0.717, 1.165) is 36.5 Å². The molecule has 0 aliphatic rings. The third-order valence-electron chi connectivity index (χ3n) is 3.06. The van der Waals surface area contributed by atoms with Gasteiger partial charge in [-0.2, -0.15) is 0 Å². The van der Waals surface area contributed by atoms with E-state index in [1.54, 1.807) is 11.3 Å². The SMILES string of the molecule is Cc1csc(C(Br)c2cc3[nH]c(=O)[nH]c3cc2Br)c1Cl. The molecule has 0 spiro atoms. The van der Waals surface area contributed by atoms with E-state index in [1.807, 2.05) is 24.4 Å². The van der Waals surface area contributed by atoms with Crippen LogP contribution < -0.4 is 5.69 Å². The van der Waals surface area contributed by atoms with E-state index in [2.05, 4.69) is 41.8 Å². The highest BCUT2D eigenvalue weighted by atomic mass is 79.9. The minimum absolute atomic E-state index is 0.0223. The summed E-state index contributed by atoms with van der Waals surface area (Å²) in [5.41, 5.74) is 3.45. The van der Waals surface area contributed by atoms with Gasteiger partial charge in [-0.05, 0) is 35.6 Å². The van der Waals surface area contributed by atoms with Crippen molar-refractivity contribution in [2.75, 3.05) is 0 Å². The molecule has 0 saturated carbocycles. The van der Waals surface area contributed by atoms with Crippen LogP contribution in [0.3, 0.4) is 0 Å². The number of rotatable bonds is 2. The van der Waals surface area contributed by atoms with Crippen molar-refractivity contribution in [3.63, 3.8) is 0 Å². The normalized spacial score (nSPS) is 13.0. The molecular formula is C13H9Br2ClN2OS. The zero-order valence-corrected chi connectivity index (χ0v) is 15.0. The Hall–Kier alpha value is -0.560. The van der Waals surface area contributed by atoms with Gasteiger partial charge in [0.2, 0.25) is 0 Å². The monoisotopic (exact) mass is 434 g/mol. The van der Waals surface area contributed by atoms with E-state index in [0.29, 0.717) is 0 Å². The minimum Gasteiger partial charge on any atom is -0.306 e. The second-order valence-electron chi connectivity index (χ2n) is 4.46. The van der Waals surface area contributed by atoms with Gasteiger partial charge in [-0.3, -0.25) is 0 Å². The summed E-state index contributed by atoms with van der Waals surface area (Å²) in [5, 5.41) is 2.82. The number of benzene rings is 1.